The summed E-state index contributed by atoms with van der Waals surface area (Å²) in [5, 5.41) is 5.73. The minimum atomic E-state index is -0.533. The van der Waals surface area contributed by atoms with Gasteiger partial charge >= 0.3 is 6.09 Å². The second-order valence-electron chi connectivity index (χ2n) is 6.26. The molecule has 2 N–H and O–H groups in total. The highest BCUT2D eigenvalue weighted by Gasteiger charge is 2.30. The molecule has 1 fully saturated rings. The number of nitrogens with one attached hydrogen (secondary N) is 2. The maximum Gasteiger partial charge on any atom is 0.407 e. The summed E-state index contributed by atoms with van der Waals surface area (Å²) in [4.78, 5) is 24.0. The van der Waals surface area contributed by atoms with Crippen molar-refractivity contribution in [3.63, 3.8) is 0 Å². The molecule has 28 heavy (non-hydrogen) atoms. The number of rotatable bonds is 4. The average molecular weight is 384 g/mol. The molecule has 2 aromatic carbocycles. The second kappa shape index (κ2) is 6.88. The van der Waals surface area contributed by atoms with Crippen LogP contribution in [-0.2, 0) is 4.74 Å². The van der Waals surface area contributed by atoms with Crippen LogP contribution in [-0.4, -0.2) is 32.7 Å². The summed E-state index contributed by atoms with van der Waals surface area (Å²) in [6.45, 7) is 0.300. The molecule has 0 saturated carbocycles. The van der Waals surface area contributed by atoms with Crippen molar-refractivity contribution >= 4 is 23.0 Å². The van der Waals surface area contributed by atoms with E-state index < -0.39 is 12.2 Å². The van der Waals surface area contributed by atoms with Crippen LogP contribution < -0.4 is 15.4 Å². The van der Waals surface area contributed by atoms with Gasteiger partial charge in [-0.25, -0.2) is 9.18 Å². The Bertz CT molecular complexity index is 1070. The van der Waals surface area contributed by atoms with Crippen molar-refractivity contribution in [1.82, 2.24) is 10.6 Å². The second-order valence-corrected chi connectivity index (χ2v) is 6.26. The van der Waals surface area contributed by atoms with Crippen LogP contribution >= 0.6 is 0 Å². The molecule has 0 spiro atoms. The zero-order valence-corrected chi connectivity index (χ0v) is 15.2. The van der Waals surface area contributed by atoms with Gasteiger partial charge in [0.15, 0.2) is 0 Å². The standard InChI is InChI=1S/C20H17FN2O5/c1-22-19(24)17-13-8-14(26-2)12(16-9-23-20(25)28-16)7-15(13)27-18(17)10-3-5-11(21)6-4-10/h3-8,16H,9H2,1-2H3,(H,22,24)(H,23,25). The fourth-order valence-corrected chi connectivity index (χ4v) is 3.28. The first-order chi connectivity index (χ1) is 13.5. The quantitative estimate of drug-likeness (QED) is 0.720. The number of hydrogen-bond donors (Lipinski definition) is 2. The fraction of sp³-hybridized carbons (Fsp3) is 0.200. The monoisotopic (exact) mass is 384 g/mol. The normalized spacial score (nSPS) is 16.0. The molecule has 0 radical (unpaired) electrons. The van der Waals surface area contributed by atoms with E-state index in [9.17, 15) is 14.0 Å². The average Bonchev–Trinajstić information content (AvgIpc) is 3.30. The van der Waals surface area contributed by atoms with Gasteiger partial charge in [0, 0.05) is 23.6 Å². The Hall–Kier alpha value is -3.55. The minimum absolute atomic E-state index is 0.300. The number of halogens is 1. The minimum Gasteiger partial charge on any atom is -0.496 e. The van der Waals surface area contributed by atoms with E-state index in [0.717, 1.165) is 0 Å². The summed E-state index contributed by atoms with van der Waals surface area (Å²) >= 11 is 0. The molecule has 1 aliphatic heterocycles. The van der Waals surface area contributed by atoms with Gasteiger partial charge in [-0.05, 0) is 36.4 Å². The highest BCUT2D eigenvalue weighted by Crippen LogP contribution is 2.40. The van der Waals surface area contributed by atoms with Gasteiger partial charge < -0.3 is 24.5 Å². The molecule has 1 aliphatic rings. The van der Waals surface area contributed by atoms with Gasteiger partial charge in [-0.3, -0.25) is 4.79 Å². The zero-order valence-electron chi connectivity index (χ0n) is 15.2. The first kappa shape index (κ1) is 17.8. The lowest BCUT2D eigenvalue weighted by Gasteiger charge is -2.13. The van der Waals surface area contributed by atoms with Crippen LogP contribution in [0.4, 0.5) is 9.18 Å². The molecule has 2 heterocycles. The predicted octanol–water partition coefficient (Wildman–Crippen LogP) is 3.39. The number of hydrogen-bond acceptors (Lipinski definition) is 5. The van der Waals surface area contributed by atoms with Gasteiger partial charge in [0.1, 0.15) is 29.0 Å². The lowest BCUT2D eigenvalue weighted by Crippen LogP contribution is -2.18. The molecule has 2 amide bonds. The summed E-state index contributed by atoms with van der Waals surface area (Å²) in [7, 11) is 3.01. The van der Waals surface area contributed by atoms with E-state index in [2.05, 4.69) is 10.6 Å². The molecule has 1 saturated heterocycles. The third-order valence-corrected chi connectivity index (χ3v) is 4.63. The molecule has 0 aliphatic carbocycles. The van der Waals surface area contributed by atoms with Gasteiger partial charge in [0.25, 0.3) is 5.91 Å². The van der Waals surface area contributed by atoms with Crippen molar-refractivity contribution in [2.45, 2.75) is 6.10 Å². The first-order valence-electron chi connectivity index (χ1n) is 8.58. The highest BCUT2D eigenvalue weighted by molar-refractivity contribution is 6.11. The van der Waals surface area contributed by atoms with Crippen LogP contribution in [0.15, 0.2) is 40.8 Å². The molecule has 1 aromatic heterocycles. The third-order valence-electron chi connectivity index (χ3n) is 4.63. The van der Waals surface area contributed by atoms with Crippen molar-refractivity contribution in [2.75, 3.05) is 20.7 Å². The number of methoxy groups -OCH3 is 1. The number of fused-ring (bicyclic) bond motifs is 1. The fourth-order valence-electron chi connectivity index (χ4n) is 3.28. The number of benzene rings is 2. The molecular weight excluding hydrogens is 367 g/mol. The third kappa shape index (κ3) is 2.92. The van der Waals surface area contributed by atoms with E-state index in [4.69, 9.17) is 13.9 Å². The summed E-state index contributed by atoms with van der Waals surface area (Å²) in [5.41, 5.74) is 1.93. The first-order valence-corrected chi connectivity index (χ1v) is 8.58. The molecule has 144 valence electrons. The van der Waals surface area contributed by atoms with Crippen molar-refractivity contribution in [3.05, 3.63) is 53.3 Å². The Morgan fingerprint density at radius 2 is 2.04 bits per heavy atom. The van der Waals surface area contributed by atoms with E-state index in [0.29, 0.717) is 45.7 Å². The van der Waals surface area contributed by atoms with Gasteiger partial charge in [0.05, 0.1) is 19.2 Å². The zero-order chi connectivity index (χ0) is 19.8. The number of carbonyl (C=O) groups excluding carboxylic acids is 2. The number of amides is 2. The number of furan rings is 1. The summed E-state index contributed by atoms with van der Waals surface area (Å²) in [5.74, 6) is 0.0448. The van der Waals surface area contributed by atoms with Crippen molar-refractivity contribution < 1.29 is 27.9 Å². The molecular formula is C20H17FN2O5. The largest absolute Gasteiger partial charge is 0.496 e. The SMILES string of the molecule is CNC(=O)c1c(-c2ccc(F)cc2)oc2cc(C3CNC(=O)O3)c(OC)cc12. The summed E-state index contributed by atoms with van der Waals surface area (Å²) in [6.07, 6.45) is -1.04. The van der Waals surface area contributed by atoms with Crippen LogP contribution in [0, 0.1) is 5.82 Å². The van der Waals surface area contributed by atoms with Crippen LogP contribution in [0.25, 0.3) is 22.3 Å². The Morgan fingerprint density at radius 1 is 1.29 bits per heavy atom. The molecule has 1 unspecified atom stereocenters. The topological polar surface area (TPSA) is 89.8 Å². The summed E-state index contributed by atoms with van der Waals surface area (Å²) < 4.78 is 30.0. The van der Waals surface area contributed by atoms with E-state index in [-0.39, 0.29) is 11.7 Å². The van der Waals surface area contributed by atoms with Crippen molar-refractivity contribution in [2.24, 2.45) is 0 Å². The maximum absolute atomic E-state index is 13.3. The van der Waals surface area contributed by atoms with Crippen LogP contribution in [0.3, 0.4) is 0 Å². The highest BCUT2D eigenvalue weighted by atomic mass is 19.1. The Balaban J connectivity index is 1.93. The Kier molecular flexibility index (Phi) is 4.38. The van der Waals surface area contributed by atoms with E-state index in [1.54, 1.807) is 24.3 Å². The van der Waals surface area contributed by atoms with Gasteiger partial charge in [-0.1, -0.05) is 0 Å². The van der Waals surface area contributed by atoms with Crippen LogP contribution in [0.1, 0.15) is 22.0 Å². The number of ether oxygens (including phenoxy) is 2. The van der Waals surface area contributed by atoms with Crippen LogP contribution in [0.2, 0.25) is 0 Å². The van der Waals surface area contributed by atoms with Crippen molar-refractivity contribution in [3.8, 4) is 17.1 Å². The maximum atomic E-state index is 13.3. The van der Waals surface area contributed by atoms with E-state index >= 15 is 0 Å². The molecule has 7 nitrogen and oxygen atoms in total. The summed E-state index contributed by atoms with van der Waals surface area (Å²) in [6, 6.07) is 9.05. The number of carbonyl (C=O) groups is 2. The van der Waals surface area contributed by atoms with Gasteiger partial charge in [-0.2, -0.15) is 0 Å². The van der Waals surface area contributed by atoms with Crippen LogP contribution in [0.5, 0.6) is 5.75 Å². The van der Waals surface area contributed by atoms with Gasteiger partial charge in [0.2, 0.25) is 0 Å². The smallest absolute Gasteiger partial charge is 0.407 e. The van der Waals surface area contributed by atoms with E-state index in [1.807, 2.05) is 0 Å². The lowest BCUT2D eigenvalue weighted by atomic mass is 10.0. The molecule has 3 aromatic rings. The molecule has 8 heteroatoms. The lowest BCUT2D eigenvalue weighted by molar-refractivity contribution is 0.0964. The van der Waals surface area contributed by atoms with E-state index in [1.165, 1.54) is 26.3 Å². The Labute approximate surface area is 159 Å². The molecule has 0 bridgehead atoms. The predicted molar refractivity (Wildman–Crippen MR) is 98.8 cm³/mol. The van der Waals surface area contributed by atoms with Crippen molar-refractivity contribution in [1.29, 1.82) is 0 Å². The van der Waals surface area contributed by atoms with Gasteiger partial charge in [-0.15, -0.1) is 0 Å². The number of alkyl carbamates (subject to hydrolysis) is 1. The Morgan fingerprint density at radius 3 is 2.64 bits per heavy atom. The molecule has 4 rings (SSSR count). The molecule has 1 atom stereocenters. The number of cyclic esters (lactones) is 1.